The van der Waals surface area contributed by atoms with Crippen LogP contribution in [0.4, 0.5) is 0 Å². The van der Waals surface area contributed by atoms with Gasteiger partial charge in [-0.2, -0.15) is 0 Å². The SMILES string of the molecule is Cc1cccc(C)c1C(=O)C(OC(C(=O)c1c(C)cccc1C)(C(=O)c1c(C)cccc1C)C(C)CC(C)(C)C)(C(=O)c1c(C)cccc1C)C(C)CC(C)(C)C. The van der Waals surface area contributed by atoms with Gasteiger partial charge in [-0.3, -0.25) is 19.2 Å². The molecular formula is C52H66O5. The Morgan fingerprint density at radius 3 is 0.737 bits per heavy atom. The molecule has 0 aliphatic rings. The second-order valence-electron chi connectivity index (χ2n) is 19.3. The highest BCUT2D eigenvalue weighted by Crippen LogP contribution is 2.48. The van der Waals surface area contributed by atoms with E-state index in [0.717, 1.165) is 0 Å². The van der Waals surface area contributed by atoms with Gasteiger partial charge in [0.1, 0.15) is 0 Å². The van der Waals surface area contributed by atoms with Crippen molar-refractivity contribution in [2.45, 2.75) is 135 Å². The molecule has 0 radical (unpaired) electrons. The molecule has 4 rings (SSSR count). The number of rotatable bonds is 14. The number of ether oxygens (including phenoxy) is 1. The Balaban J connectivity index is 2.38. The Labute approximate surface area is 343 Å². The summed E-state index contributed by atoms with van der Waals surface area (Å²) in [4.78, 5) is 65.1. The van der Waals surface area contributed by atoms with Crippen LogP contribution in [0.3, 0.4) is 0 Å². The minimum Gasteiger partial charge on any atom is -0.335 e. The molecular weight excluding hydrogens is 705 g/mol. The maximum absolute atomic E-state index is 16.3. The van der Waals surface area contributed by atoms with Crippen LogP contribution in [0.2, 0.25) is 0 Å². The van der Waals surface area contributed by atoms with Crippen molar-refractivity contribution in [1.29, 1.82) is 0 Å². The summed E-state index contributed by atoms with van der Waals surface area (Å²) in [5.74, 6) is -3.77. The Morgan fingerprint density at radius 2 is 0.579 bits per heavy atom. The van der Waals surface area contributed by atoms with Gasteiger partial charge in [0.15, 0.2) is 11.2 Å². The third kappa shape index (κ3) is 8.84. The van der Waals surface area contributed by atoms with Gasteiger partial charge in [-0.1, -0.05) is 128 Å². The van der Waals surface area contributed by atoms with Gasteiger partial charge in [0.05, 0.1) is 0 Å². The first kappa shape index (κ1) is 45.2. The first-order valence-electron chi connectivity index (χ1n) is 20.5. The van der Waals surface area contributed by atoms with Crippen molar-refractivity contribution < 1.29 is 23.9 Å². The molecule has 0 fully saturated rings. The van der Waals surface area contributed by atoms with Crippen molar-refractivity contribution in [3.8, 4) is 0 Å². The molecule has 0 spiro atoms. The predicted octanol–water partition coefficient (Wildman–Crippen LogP) is 12.6. The van der Waals surface area contributed by atoms with Crippen molar-refractivity contribution >= 4 is 23.1 Å². The summed E-state index contributed by atoms with van der Waals surface area (Å²) in [6.45, 7) is 31.1. The first-order valence-corrected chi connectivity index (χ1v) is 20.5. The summed E-state index contributed by atoms with van der Waals surface area (Å²) >= 11 is 0. The Kier molecular flexibility index (Phi) is 13.3. The number of hydrogen-bond acceptors (Lipinski definition) is 5. The van der Waals surface area contributed by atoms with Crippen LogP contribution in [-0.2, 0) is 4.74 Å². The minimum absolute atomic E-state index is 0.356. The highest BCUT2D eigenvalue weighted by Gasteiger charge is 2.64. The average molecular weight is 771 g/mol. The summed E-state index contributed by atoms with van der Waals surface area (Å²) in [5, 5.41) is 0. The number of carbonyl (C=O) groups excluding carboxylic acids is 4. The molecule has 0 aliphatic heterocycles. The molecule has 0 saturated heterocycles. The summed E-state index contributed by atoms with van der Waals surface area (Å²) in [5.41, 5.74) is 1.45. The van der Waals surface area contributed by atoms with Gasteiger partial charge in [-0.15, -0.1) is 0 Å². The van der Waals surface area contributed by atoms with Crippen molar-refractivity contribution in [3.05, 3.63) is 140 Å². The van der Waals surface area contributed by atoms with E-state index in [1.807, 2.05) is 142 Å². The van der Waals surface area contributed by atoms with Crippen LogP contribution in [0, 0.1) is 78.1 Å². The topological polar surface area (TPSA) is 77.5 Å². The molecule has 2 atom stereocenters. The zero-order valence-electron chi connectivity index (χ0n) is 37.5. The molecule has 0 aliphatic carbocycles. The van der Waals surface area contributed by atoms with E-state index in [-0.39, 0.29) is 10.8 Å². The van der Waals surface area contributed by atoms with Gasteiger partial charge in [0.25, 0.3) is 0 Å². The van der Waals surface area contributed by atoms with Crippen LogP contribution >= 0.6 is 0 Å². The zero-order chi connectivity index (χ0) is 43.0. The highest BCUT2D eigenvalue weighted by molar-refractivity contribution is 6.28. The molecule has 57 heavy (non-hydrogen) atoms. The molecule has 0 bridgehead atoms. The molecule has 304 valence electrons. The second kappa shape index (κ2) is 16.8. The molecule has 4 aromatic carbocycles. The van der Waals surface area contributed by atoms with E-state index in [9.17, 15) is 0 Å². The number of hydrogen-bond donors (Lipinski definition) is 0. The molecule has 5 nitrogen and oxygen atoms in total. The van der Waals surface area contributed by atoms with Crippen LogP contribution in [0.5, 0.6) is 0 Å². The molecule has 0 N–H and O–H groups in total. The zero-order valence-corrected chi connectivity index (χ0v) is 37.5. The Bertz CT molecular complexity index is 1820. The van der Waals surface area contributed by atoms with Crippen molar-refractivity contribution in [2.75, 3.05) is 0 Å². The van der Waals surface area contributed by atoms with Crippen LogP contribution in [0.25, 0.3) is 0 Å². The maximum Gasteiger partial charge on any atom is 0.203 e. The molecule has 0 saturated carbocycles. The second-order valence-corrected chi connectivity index (χ2v) is 19.3. The lowest BCUT2D eigenvalue weighted by Gasteiger charge is -2.48. The smallest absolute Gasteiger partial charge is 0.203 e. The normalized spacial score (nSPS) is 13.6. The molecule has 4 aromatic rings. The van der Waals surface area contributed by atoms with Crippen LogP contribution in [0.1, 0.15) is 154 Å². The third-order valence-electron chi connectivity index (χ3n) is 11.7. The van der Waals surface area contributed by atoms with Crippen LogP contribution in [0.15, 0.2) is 72.8 Å². The van der Waals surface area contributed by atoms with E-state index in [1.54, 1.807) is 0 Å². The van der Waals surface area contributed by atoms with Gasteiger partial charge in [-0.05, 0) is 124 Å². The molecule has 2 unspecified atom stereocenters. The summed E-state index contributed by atoms with van der Waals surface area (Å²) < 4.78 is 7.75. The van der Waals surface area contributed by atoms with Gasteiger partial charge in [0.2, 0.25) is 23.1 Å². The van der Waals surface area contributed by atoms with Crippen molar-refractivity contribution in [3.63, 3.8) is 0 Å². The molecule has 5 heteroatoms. The van der Waals surface area contributed by atoms with E-state index in [2.05, 4.69) is 41.5 Å². The number of Topliss-reactive ketones (excluding diaryl/α,β-unsaturated/α-hetero) is 4. The van der Waals surface area contributed by atoms with Gasteiger partial charge in [-0.25, -0.2) is 0 Å². The maximum atomic E-state index is 16.3. The van der Waals surface area contributed by atoms with Gasteiger partial charge >= 0.3 is 0 Å². The minimum atomic E-state index is -2.33. The van der Waals surface area contributed by atoms with E-state index >= 15 is 19.2 Å². The monoisotopic (exact) mass is 770 g/mol. The van der Waals surface area contributed by atoms with E-state index in [4.69, 9.17) is 4.74 Å². The number of aryl methyl sites for hydroxylation is 8. The first-order chi connectivity index (χ1) is 26.3. The molecule has 0 aromatic heterocycles. The number of benzene rings is 4. The van der Waals surface area contributed by atoms with Gasteiger partial charge in [0, 0.05) is 34.1 Å². The Morgan fingerprint density at radius 1 is 0.404 bits per heavy atom. The number of carbonyl (C=O) groups is 4. The van der Waals surface area contributed by atoms with E-state index in [1.165, 1.54) is 0 Å². The molecule has 0 amide bonds. The van der Waals surface area contributed by atoms with Gasteiger partial charge < -0.3 is 4.74 Å². The average Bonchev–Trinajstić information content (AvgIpc) is 3.06. The lowest BCUT2D eigenvalue weighted by Crippen LogP contribution is -2.66. The fraction of sp³-hybridized carbons (Fsp3) is 0.462. The van der Waals surface area contributed by atoms with E-state index in [0.29, 0.717) is 79.6 Å². The van der Waals surface area contributed by atoms with Crippen LogP contribution in [-0.4, -0.2) is 34.3 Å². The third-order valence-corrected chi connectivity index (χ3v) is 11.7. The lowest BCUT2D eigenvalue weighted by atomic mass is 9.65. The van der Waals surface area contributed by atoms with E-state index < -0.39 is 46.2 Å². The highest BCUT2D eigenvalue weighted by atomic mass is 16.5. The lowest BCUT2D eigenvalue weighted by molar-refractivity contribution is -0.122. The summed E-state index contributed by atoms with van der Waals surface area (Å²) in [6, 6.07) is 22.5. The largest absolute Gasteiger partial charge is 0.335 e. The summed E-state index contributed by atoms with van der Waals surface area (Å²) in [6.07, 6.45) is 0.748. The Hall–Kier alpha value is -4.48. The van der Waals surface area contributed by atoms with Crippen LogP contribution < -0.4 is 0 Å². The molecule has 0 heterocycles. The van der Waals surface area contributed by atoms with Crippen molar-refractivity contribution in [1.82, 2.24) is 0 Å². The number of ketones is 4. The quantitative estimate of drug-likeness (QED) is 0.0942. The standard InChI is InChI=1S/C52H66O5/c1-31-21-17-22-32(2)41(31)45(53)51(39(9)29-49(11,12)13,46(54)42-33(3)23-18-24-34(42)4)57-52(40(10)30-50(14,15)16,47(55)43-35(5)25-19-26-36(43)6)48(56)44-37(7)27-20-28-38(44)8/h17-28,39-40H,29-30H2,1-16H3. The summed E-state index contributed by atoms with van der Waals surface area (Å²) in [7, 11) is 0. The van der Waals surface area contributed by atoms with Crippen molar-refractivity contribution in [2.24, 2.45) is 22.7 Å². The fourth-order valence-electron chi connectivity index (χ4n) is 9.30. The predicted molar refractivity (Wildman–Crippen MR) is 234 cm³/mol. The fourth-order valence-corrected chi connectivity index (χ4v) is 9.30.